The highest BCUT2D eigenvalue weighted by Crippen LogP contribution is 2.32. The zero-order valence-corrected chi connectivity index (χ0v) is 16.8. The van der Waals surface area contributed by atoms with Crippen molar-refractivity contribution in [1.29, 1.82) is 5.26 Å². The largest absolute Gasteiger partial charge is 0.325 e. The molecule has 1 aromatic heterocycles. The smallest absolute Gasteiger partial charge is 0.308 e. The second kappa shape index (κ2) is 9.33. The lowest BCUT2D eigenvalue weighted by atomic mass is 10.2. The number of carbonyl (C=O) groups excluding carboxylic acids is 1. The topological polar surface area (TPSA) is 134 Å². The SMILES string of the molecule is N#Cc1cccc(NC(=O)Nc2nnc(SCc3ccc(Cl)cc3[N+](=O)[O-])s2)c1. The predicted molar refractivity (Wildman–Crippen MR) is 111 cm³/mol. The van der Waals surface area contributed by atoms with Gasteiger partial charge in [0, 0.05) is 28.1 Å². The number of nitrogens with one attached hydrogen (secondary N) is 2. The Kier molecular flexibility index (Phi) is 6.61. The molecule has 2 aromatic carbocycles. The van der Waals surface area contributed by atoms with Crippen LogP contribution < -0.4 is 10.6 Å². The van der Waals surface area contributed by atoms with E-state index in [0.717, 1.165) is 11.3 Å². The maximum atomic E-state index is 12.1. The number of nitriles is 1. The lowest BCUT2D eigenvalue weighted by molar-refractivity contribution is -0.385. The van der Waals surface area contributed by atoms with E-state index in [-0.39, 0.29) is 10.8 Å². The molecule has 0 aliphatic carbocycles. The molecule has 3 rings (SSSR count). The highest BCUT2D eigenvalue weighted by atomic mass is 35.5. The summed E-state index contributed by atoms with van der Waals surface area (Å²) in [5, 5.41) is 33.6. The van der Waals surface area contributed by atoms with Gasteiger partial charge in [0.25, 0.3) is 5.69 Å². The predicted octanol–water partition coefficient (Wildman–Crippen LogP) is 4.91. The highest BCUT2D eigenvalue weighted by molar-refractivity contribution is 8.00. The fraction of sp³-hybridized carbons (Fsp3) is 0.0588. The first-order valence-electron chi connectivity index (χ1n) is 7.92. The second-order valence-electron chi connectivity index (χ2n) is 5.46. The van der Waals surface area contributed by atoms with Gasteiger partial charge in [0.2, 0.25) is 5.13 Å². The average molecular weight is 447 g/mol. The van der Waals surface area contributed by atoms with Crippen molar-refractivity contribution < 1.29 is 9.72 Å². The van der Waals surface area contributed by atoms with Gasteiger partial charge in [-0.15, -0.1) is 10.2 Å². The van der Waals surface area contributed by atoms with Crippen molar-refractivity contribution in [3.05, 3.63) is 68.7 Å². The molecule has 1 heterocycles. The first kappa shape index (κ1) is 20.5. The molecule has 29 heavy (non-hydrogen) atoms. The number of nitro groups is 1. The van der Waals surface area contributed by atoms with Crippen molar-refractivity contribution in [3.63, 3.8) is 0 Å². The van der Waals surface area contributed by atoms with Crippen molar-refractivity contribution in [2.24, 2.45) is 0 Å². The number of amides is 2. The van der Waals surface area contributed by atoms with Gasteiger partial charge >= 0.3 is 6.03 Å². The monoisotopic (exact) mass is 446 g/mol. The van der Waals surface area contributed by atoms with E-state index in [0.29, 0.717) is 31.9 Å². The number of benzene rings is 2. The molecular weight excluding hydrogens is 436 g/mol. The summed E-state index contributed by atoms with van der Waals surface area (Å²) in [6.45, 7) is 0. The number of rotatable bonds is 6. The third kappa shape index (κ3) is 5.64. The molecule has 0 bridgehead atoms. The van der Waals surface area contributed by atoms with E-state index in [1.807, 2.05) is 6.07 Å². The van der Waals surface area contributed by atoms with Crippen LogP contribution in [0.2, 0.25) is 5.02 Å². The number of hydrogen-bond donors (Lipinski definition) is 2. The standard InChI is InChI=1S/C17H11ClN6O3S2/c18-12-5-4-11(14(7-12)24(26)27)9-28-17-23-22-16(29-17)21-15(25)20-13-3-1-2-10(6-13)8-19/h1-7H,9H2,(H2,20,21,22,25). The zero-order valence-electron chi connectivity index (χ0n) is 14.5. The molecule has 0 fully saturated rings. The van der Waals surface area contributed by atoms with Gasteiger partial charge in [0.1, 0.15) is 0 Å². The zero-order chi connectivity index (χ0) is 20.8. The fourth-order valence-electron chi connectivity index (χ4n) is 2.21. The number of hydrogen-bond acceptors (Lipinski definition) is 8. The van der Waals surface area contributed by atoms with Gasteiger partial charge in [-0.25, -0.2) is 4.79 Å². The minimum atomic E-state index is -0.527. The first-order chi connectivity index (χ1) is 13.9. The number of carbonyl (C=O) groups is 1. The number of thioether (sulfide) groups is 1. The van der Waals surface area contributed by atoms with Crippen LogP contribution in [0.3, 0.4) is 0 Å². The maximum absolute atomic E-state index is 12.1. The molecule has 146 valence electrons. The van der Waals surface area contributed by atoms with Crippen LogP contribution in [0.1, 0.15) is 11.1 Å². The summed E-state index contributed by atoms with van der Waals surface area (Å²) in [6, 6.07) is 12.4. The fourth-order valence-corrected chi connectivity index (χ4v) is 4.12. The van der Waals surface area contributed by atoms with E-state index < -0.39 is 11.0 Å². The molecule has 3 aromatic rings. The molecule has 2 N–H and O–H groups in total. The van der Waals surface area contributed by atoms with Crippen LogP contribution >= 0.6 is 34.7 Å². The molecule has 0 spiro atoms. The Labute approximate surface area is 177 Å². The van der Waals surface area contributed by atoms with Crippen LogP contribution in [-0.2, 0) is 5.75 Å². The van der Waals surface area contributed by atoms with Crippen molar-refractivity contribution in [2.45, 2.75) is 10.1 Å². The average Bonchev–Trinajstić information content (AvgIpc) is 3.14. The van der Waals surface area contributed by atoms with Gasteiger partial charge in [0.15, 0.2) is 4.34 Å². The number of anilines is 2. The van der Waals surface area contributed by atoms with E-state index in [9.17, 15) is 14.9 Å². The molecule has 0 aliphatic rings. The Morgan fingerprint density at radius 3 is 2.86 bits per heavy atom. The minimum absolute atomic E-state index is 0.0631. The molecule has 0 unspecified atom stereocenters. The Balaban J connectivity index is 1.59. The Hall–Kier alpha value is -3.20. The second-order valence-corrected chi connectivity index (χ2v) is 8.10. The van der Waals surface area contributed by atoms with Crippen LogP contribution in [0.15, 0.2) is 46.8 Å². The van der Waals surface area contributed by atoms with Crippen LogP contribution in [0, 0.1) is 21.4 Å². The first-order valence-corrected chi connectivity index (χ1v) is 10.1. The van der Waals surface area contributed by atoms with Crippen molar-refractivity contribution in [3.8, 4) is 6.07 Å². The summed E-state index contributed by atoms with van der Waals surface area (Å²) in [4.78, 5) is 22.7. The number of nitrogens with zero attached hydrogens (tertiary/aromatic N) is 4. The number of aromatic nitrogens is 2. The van der Waals surface area contributed by atoms with Gasteiger partial charge < -0.3 is 5.32 Å². The van der Waals surface area contributed by atoms with Gasteiger partial charge in [0.05, 0.1) is 16.6 Å². The molecule has 9 nitrogen and oxygen atoms in total. The summed E-state index contributed by atoms with van der Waals surface area (Å²) in [5.41, 5.74) is 1.33. The summed E-state index contributed by atoms with van der Waals surface area (Å²) in [6.07, 6.45) is 0. The Morgan fingerprint density at radius 2 is 2.10 bits per heavy atom. The lowest BCUT2D eigenvalue weighted by Crippen LogP contribution is -2.19. The van der Waals surface area contributed by atoms with E-state index in [2.05, 4.69) is 20.8 Å². The third-order valence-corrected chi connectivity index (χ3v) is 5.73. The summed E-state index contributed by atoms with van der Waals surface area (Å²) in [7, 11) is 0. The third-order valence-electron chi connectivity index (χ3n) is 3.47. The van der Waals surface area contributed by atoms with E-state index >= 15 is 0 Å². The highest BCUT2D eigenvalue weighted by Gasteiger charge is 2.16. The summed E-state index contributed by atoms with van der Waals surface area (Å²) >= 11 is 8.21. The molecule has 12 heteroatoms. The van der Waals surface area contributed by atoms with Crippen molar-refractivity contribution >= 4 is 57.2 Å². The summed E-state index contributed by atoms with van der Waals surface area (Å²) < 4.78 is 0.538. The molecule has 2 amide bonds. The molecular formula is C17H11ClN6O3S2. The van der Waals surface area contributed by atoms with Gasteiger partial charge in [-0.05, 0) is 30.3 Å². The molecule has 0 aliphatic heterocycles. The van der Waals surface area contributed by atoms with Gasteiger partial charge in [-0.1, -0.05) is 40.8 Å². The Morgan fingerprint density at radius 1 is 1.28 bits per heavy atom. The number of halogens is 1. The molecule has 0 atom stereocenters. The molecule has 0 saturated heterocycles. The van der Waals surface area contributed by atoms with Crippen LogP contribution in [-0.4, -0.2) is 21.2 Å². The number of urea groups is 1. The van der Waals surface area contributed by atoms with Gasteiger partial charge in [-0.3, -0.25) is 15.4 Å². The molecule has 0 radical (unpaired) electrons. The van der Waals surface area contributed by atoms with Gasteiger partial charge in [-0.2, -0.15) is 5.26 Å². The van der Waals surface area contributed by atoms with Crippen molar-refractivity contribution in [1.82, 2.24) is 10.2 Å². The van der Waals surface area contributed by atoms with Crippen LogP contribution in [0.4, 0.5) is 21.3 Å². The normalized spacial score (nSPS) is 10.2. The van der Waals surface area contributed by atoms with E-state index in [4.69, 9.17) is 16.9 Å². The lowest BCUT2D eigenvalue weighted by Gasteiger charge is -2.04. The maximum Gasteiger partial charge on any atom is 0.325 e. The molecule has 0 saturated carbocycles. The summed E-state index contributed by atoms with van der Waals surface area (Å²) in [5.74, 6) is 0.301. The minimum Gasteiger partial charge on any atom is -0.308 e. The quantitative estimate of drug-likeness (QED) is 0.238. The van der Waals surface area contributed by atoms with Crippen LogP contribution in [0.25, 0.3) is 0 Å². The van der Waals surface area contributed by atoms with E-state index in [1.54, 1.807) is 36.4 Å². The van der Waals surface area contributed by atoms with Crippen LogP contribution in [0.5, 0.6) is 0 Å². The Bertz CT molecular complexity index is 1110. The number of nitro benzene ring substituents is 1. The van der Waals surface area contributed by atoms with Crippen molar-refractivity contribution in [2.75, 3.05) is 10.6 Å². The van der Waals surface area contributed by atoms with E-state index in [1.165, 1.54) is 17.8 Å².